The van der Waals surface area contributed by atoms with Gasteiger partial charge in [-0.05, 0) is 62.2 Å². The first-order valence-electron chi connectivity index (χ1n) is 10.5. The number of aromatic nitrogens is 3. The lowest BCUT2D eigenvalue weighted by Crippen LogP contribution is -2.53. The molecule has 4 aromatic rings. The Kier molecular flexibility index (Phi) is 3.92. The Morgan fingerprint density at radius 3 is 2.67 bits per heavy atom. The molecule has 3 aliphatic rings. The number of piperidine rings is 3. The average molecular weight is 403 g/mol. The van der Waals surface area contributed by atoms with Gasteiger partial charge in [-0.25, -0.2) is 9.37 Å². The van der Waals surface area contributed by atoms with Gasteiger partial charge < -0.3 is 20.2 Å². The highest BCUT2D eigenvalue weighted by Crippen LogP contribution is 2.35. The SMILES string of the molecule is O=c1[nH]c2cc(F)ccc2c(NC2CN3CCC2CC3)c1-c1nc2ccccc2[nH]1. The van der Waals surface area contributed by atoms with Crippen molar-refractivity contribution >= 4 is 27.6 Å². The third kappa shape index (κ3) is 2.81. The molecule has 3 saturated heterocycles. The van der Waals surface area contributed by atoms with E-state index in [-0.39, 0.29) is 17.4 Å². The maximum Gasteiger partial charge on any atom is 0.261 e. The van der Waals surface area contributed by atoms with Crippen LogP contribution in [0.15, 0.2) is 47.3 Å². The minimum absolute atomic E-state index is 0.255. The summed E-state index contributed by atoms with van der Waals surface area (Å²) < 4.78 is 13.9. The second kappa shape index (κ2) is 6.67. The number of rotatable bonds is 3. The van der Waals surface area contributed by atoms with E-state index in [0.29, 0.717) is 22.8 Å². The largest absolute Gasteiger partial charge is 0.379 e. The van der Waals surface area contributed by atoms with Gasteiger partial charge in [-0.15, -0.1) is 0 Å². The Morgan fingerprint density at radius 1 is 1.07 bits per heavy atom. The highest BCUT2D eigenvalue weighted by atomic mass is 19.1. The molecule has 0 aliphatic carbocycles. The summed E-state index contributed by atoms with van der Waals surface area (Å²) in [5.74, 6) is 0.726. The number of benzene rings is 2. The molecular weight excluding hydrogens is 381 g/mol. The van der Waals surface area contributed by atoms with Crippen molar-refractivity contribution in [3.8, 4) is 11.4 Å². The Morgan fingerprint density at radius 2 is 1.90 bits per heavy atom. The van der Waals surface area contributed by atoms with Gasteiger partial charge in [0.15, 0.2) is 0 Å². The number of imidazole rings is 1. The average Bonchev–Trinajstić information content (AvgIpc) is 3.18. The molecule has 0 saturated carbocycles. The van der Waals surface area contributed by atoms with Crippen LogP contribution in [0.3, 0.4) is 0 Å². The summed E-state index contributed by atoms with van der Waals surface area (Å²) in [7, 11) is 0. The Bertz CT molecular complexity index is 1290. The van der Waals surface area contributed by atoms with Gasteiger partial charge in [-0.3, -0.25) is 4.79 Å². The Labute approximate surface area is 172 Å². The van der Waals surface area contributed by atoms with Gasteiger partial charge in [0.25, 0.3) is 5.56 Å². The molecule has 30 heavy (non-hydrogen) atoms. The van der Waals surface area contributed by atoms with E-state index in [2.05, 4.69) is 25.2 Å². The van der Waals surface area contributed by atoms with Crippen LogP contribution in [0.1, 0.15) is 12.8 Å². The third-order valence-corrected chi connectivity index (χ3v) is 6.59. The van der Waals surface area contributed by atoms with Gasteiger partial charge in [0.05, 0.1) is 22.2 Å². The zero-order valence-corrected chi connectivity index (χ0v) is 16.4. The molecule has 7 heteroatoms. The van der Waals surface area contributed by atoms with Crippen molar-refractivity contribution in [1.29, 1.82) is 0 Å². The summed E-state index contributed by atoms with van der Waals surface area (Å²) in [6, 6.07) is 12.5. The fraction of sp³-hybridized carbons (Fsp3) is 0.304. The van der Waals surface area contributed by atoms with E-state index in [0.717, 1.165) is 54.6 Å². The summed E-state index contributed by atoms with van der Waals surface area (Å²) in [4.78, 5) is 26.4. The second-order valence-corrected chi connectivity index (χ2v) is 8.39. The molecule has 2 bridgehead atoms. The first-order chi connectivity index (χ1) is 14.7. The Balaban J connectivity index is 1.56. The maximum atomic E-state index is 13.9. The van der Waals surface area contributed by atoms with Crippen molar-refractivity contribution in [3.05, 3.63) is 58.6 Å². The summed E-state index contributed by atoms with van der Waals surface area (Å²) in [5.41, 5.74) is 3.09. The molecule has 5 heterocycles. The minimum atomic E-state index is -0.372. The van der Waals surface area contributed by atoms with E-state index < -0.39 is 0 Å². The van der Waals surface area contributed by atoms with Gasteiger partial charge in [0, 0.05) is 18.0 Å². The number of nitrogens with one attached hydrogen (secondary N) is 3. The van der Waals surface area contributed by atoms with Gasteiger partial charge >= 0.3 is 0 Å². The van der Waals surface area contributed by atoms with Crippen molar-refractivity contribution in [3.63, 3.8) is 0 Å². The quantitative estimate of drug-likeness (QED) is 0.487. The highest BCUT2D eigenvalue weighted by Gasteiger charge is 2.35. The fourth-order valence-electron chi connectivity index (χ4n) is 5.03. The molecule has 1 atom stereocenters. The van der Waals surface area contributed by atoms with Crippen LogP contribution in [-0.4, -0.2) is 45.5 Å². The molecule has 0 amide bonds. The molecule has 3 fully saturated rings. The van der Waals surface area contributed by atoms with E-state index >= 15 is 0 Å². The first kappa shape index (κ1) is 17.7. The number of H-pyrrole nitrogens is 2. The smallest absolute Gasteiger partial charge is 0.261 e. The van der Waals surface area contributed by atoms with Gasteiger partial charge in [-0.1, -0.05) is 12.1 Å². The summed E-state index contributed by atoms with van der Waals surface area (Å²) in [6.45, 7) is 3.24. The van der Waals surface area contributed by atoms with Crippen molar-refractivity contribution in [2.75, 3.05) is 25.0 Å². The normalized spacial score (nSPS) is 23.3. The predicted molar refractivity (Wildman–Crippen MR) is 116 cm³/mol. The standard InChI is InChI=1S/C23H22FN5O/c24-14-5-6-15-18(11-14)28-23(30)20(22-26-16-3-1-2-4-17(16)27-22)21(15)25-19-12-29-9-7-13(19)8-10-29/h1-6,11,13,19H,7-10,12H2,(H,26,27)(H2,25,28,30). The zero-order valence-electron chi connectivity index (χ0n) is 16.4. The van der Waals surface area contributed by atoms with Crippen molar-refractivity contribution in [1.82, 2.24) is 19.9 Å². The van der Waals surface area contributed by atoms with Crippen LogP contribution in [0.25, 0.3) is 33.3 Å². The van der Waals surface area contributed by atoms with Crippen LogP contribution in [0.4, 0.5) is 10.1 Å². The van der Waals surface area contributed by atoms with Crippen LogP contribution in [0.5, 0.6) is 0 Å². The van der Waals surface area contributed by atoms with Crippen LogP contribution in [0, 0.1) is 11.7 Å². The number of pyridine rings is 1. The monoisotopic (exact) mass is 403 g/mol. The van der Waals surface area contributed by atoms with Crippen LogP contribution >= 0.6 is 0 Å². The fourth-order valence-corrected chi connectivity index (χ4v) is 5.03. The predicted octanol–water partition coefficient (Wildman–Crippen LogP) is 3.72. The molecular formula is C23H22FN5O. The van der Waals surface area contributed by atoms with Crippen molar-refractivity contribution < 1.29 is 4.39 Å². The number of hydrogen-bond acceptors (Lipinski definition) is 4. The molecule has 1 unspecified atom stereocenters. The van der Waals surface area contributed by atoms with E-state index in [1.54, 1.807) is 6.07 Å². The first-order valence-corrected chi connectivity index (χ1v) is 10.5. The zero-order chi connectivity index (χ0) is 20.2. The van der Waals surface area contributed by atoms with Gasteiger partial charge in [0.2, 0.25) is 0 Å². The molecule has 0 spiro atoms. The van der Waals surface area contributed by atoms with Crippen molar-refractivity contribution in [2.45, 2.75) is 18.9 Å². The van der Waals surface area contributed by atoms with E-state index in [9.17, 15) is 9.18 Å². The third-order valence-electron chi connectivity index (χ3n) is 6.59. The minimum Gasteiger partial charge on any atom is -0.379 e. The number of aromatic amines is 2. The molecule has 7 rings (SSSR count). The molecule has 2 aromatic heterocycles. The topological polar surface area (TPSA) is 76.8 Å². The van der Waals surface area contributed by atoms with Crippen LogP contribution in [-0.2, 0) is 0 Å². The number of anilines is 1. The molecule has 0 radical (unpaired) electrons. The molecule has 3 N–H and O–H groups in total. The Hall–Kier alpha value is -3.19. The van der Waals surface area contributed by atoms with E-state index in [1.807, 2.05) is 24.3 Å². The lowest BCUT2D eigenvalue weighted by atomic mass is 9.83. The lowest BCUT2D eigenvalue weighted by Gasteiger charge is -2.45. The molecule has 3 aliphatic heterocycles. The van der Waals surface area contributed by atoms with Gasteiger partial charge in [0.1, 0.15) is 17.2 Å². The van der Waals surface area contributed by atoms with Gasteiger partial charge in [-0.2, -0.15) is 0 Å². The highest BCUT2D eigenvalue weighted by molar-refractivity contribution is 5.99. The van der Waals surface area contributed by atoms with E-state index in [4.69, 9.17) is 0 Å². The molecule has 6 nitrogen and oxygen atoms in total. The molecule has 152 valence electrons. The summed E-state index contributed by atoms with van der Waals surface area (Å²) >= 11 is 0. The second-order valence-electron chi connectivity index (χ2n) is 8.39. The number of para-hydroxylation sites is 2. The lowest BCUT2D eigenvalue weighted by molar-refractivity contribution is 0.0976. The van der Waals surface area contributed by atoms with Crippen LogP contribution in [0.2, 0.25) is 0 Å². The van der Waals surface area contributed by atoms with Crippen LogP contribution < -0.4 is 10.9 Å². The molecule has 2 aromatic carbocycles. The number of hydrogen-bond donors (Lipinski definition) is 3. The number of halogens is 1. The van der Waals surface area contributed by atoms with E-state index in [1.165, 1.54) is 12.1 Å². The number of nitrogens with zero attached hydrogens (tertiary/aromatic N) is 2. The number of fused-ring (bicyclic) bond motifs is 5. The summed E-state index contributed by atoms with van der Waals surface area (Å²) in [5, 5.41) is 4.48. The summed E-state index contributed by atoms with van der Waals surface area (Å²) in [6.07, 6.45) is 2.32. The maximum absolute atomic E-state index is 13.9. The van der Waals surface area contributed by atoms with Crippen molar-refractivity contribution in [2.24, 2.45) is 5.92 Å².